The highest BCUT2D eigenvalue weighted by atomic mass is 16.5. The number of ether oxygens (including phenoxy) is 2. The third-order valence-electron chi connectivity index (χ3n) is 12.9. The van der Waals surface area contributed by atoms with Crippen LogP contribution < -0.4 is 10.6 Å². The Bertz CT molecular complexity index is 2570. The predicted octanol–water partition coefficient (Wildman–Crippen LogP) is 6.59. The topological polar surface area (TPSA) is 175 Å². The molecule has 4 amide bonds. The zero-order valence-corrected chi connectivity index (χ0v) is 34.6. The van der Waals surface area contributed by atoms with Gasteiger partial charge in [-0.15, -0.1) is 0 Å². The summed E-state index contributed by atoms with van der Waals surface area (Å²) in [6.07, 6.45) is 5.87. The number of alkyl carbamates (subject to hydrolysis) is 2. The van der Waals surface area contributed by atoms with E-state index >= 15 is 0 Å². The van der Waals surface area contributed by atoms with Gasteiger partial charge in [-0.1, -0.05) is 57.7 Å². The van der Waals surface area contributed by atoms with Gasteiger partial charge in [0, 0.05) is 28.6 Å². The summed E-state index contributed by atoms with van der Waals surface area (Å²) in [5.74, 6) is 7.86. The number of benzene rings is 3. The summed E-state index contributed by atoms with van der Waals surface area (Å²) < 4.78 is 9.67. The van der Waals surface area contributed by atoms with Crippen molar-refractivity contribution in [1.82, 2.24) is 40.4 Å². The molecule has 9 rings (SSSR count). The van der Waals surface area contributed by atoms with Crippen LogP contribution in [0.4, 0.5) is 9.59 Å². The summed E-state index contributed by atoms with van der Waals surface area (Å²) >= 11 is 0. The van der Waals surface area contributed by atoms with Crippen molar-refractivity contribution in [2.24, 2.45) is 23.7 Å². The number of nitrogens with zero attached hydrogens (tertiary/aromatic N) is 4. The van der Waals surface area contributed by atoms with Gasteiger partial charge in [-0.05, 0) is 96.2 Å². The van der Waals surface area contributed by atoms with Gasteiger partial charge < -0.3 is 39.9 Å². The van der Waals surface area contributed by atoms with Gasteiger partial charge in [0.25, 0.3) is 0 Å². The number of likely N-dealkylation sites (tertiary alicyclic amines) is 2. The fourth-order valence-corrected chi connectivity index (χ4v) is 9.52. The number of amides is 4. The molecule has 2 saturated carbocycles. The van der Waals surface area contributed by atoms with Crippen molar-refractivity contribution in [3.63, 3.8) is 0 Å². The molecule has 0 radical (unpaired) electrons. The van der Waals surface area contributed by atoms with Crippen LogP contribution in [0.1, 0.15) is 88.0 Å². The second kappa shape index (κ2) is 15.3. The maximum atomic E-state index is 14.2. The molecule has 8 atom stereocenters. The van der Waals surface area contributed by atoms with Crippen molar-refractivity contribution in [1.29, 1.82) is 0 Å². The van der Waals surface area contributed by atoms with Gasteiger partial charge in [0.05, 0.1) is 55.6 Å². The molecule has 4 aliphatic rings. The van der Waals surface area contributed by atoms with Crippen LogP contribution in [0.25, 0.3) is 33.1 Å². The summed E-state index contributed by atoms with van der Waals surface area (Å²) in [6, 6.07) is 14.8. The highest BCUT2D eigenvalue weighted by molar-refractivity contribution is 6.06. The number of piperidine rings is 2. The Balaban J connectivity index is 0.954. The normalized spacial score (nSPS) is 23.5. The Morgan fingerprint density at radius 3 is 1.93 bits per heavy atom. The number of H-pyrrole nitrogens is 2. The van der Waals surface area contributed by atoms with E-state index in [1.807, 2.05) is 67.8 Å². The van der Waals surface area contributed by atoms with E-state index in [1.165, 1.54) is 14.2 Å². The van der Waals surface area contributed by atoms with Crippen molar-refractivity contribution < 1.29 is 28.7 Å². The first-order valence-electron chi connectivity index (χ1n) is 20.8. The molecule has 4 N–H and O–H groups in total. The Kier molecular flexibility index (Phi) is 10.0. The van der Waals surface area contributed by atoms with Gasteiger partial charge in [0.2, 0.25) is 11.8 Å². The highest BCUT2D eigenvalue weighted by Gasteiger charge is 2.57. The molecular weight excluding hydrogens is 761 g/mol. The molecule has 2 saturated heterocycles. The van der Waals surface area contributed by atoms with Crippen molar-refractivity contribution in [3.05, 3.63) is 83.6 Å². The molecule has 3 aromatic carbocycles. The van der Waals surface area contributed by atoms with Gasteiger partial charge >= 0.3 is 12.2 Å². The quantitative estimate of drug-likeness (QED) is 0.121. The average molecular weight is 811 g/mol. The van der Waals surface area contributed by atoms with Crippen LogP contribution in [0.15, 0.2) is 61.1 Å². The van der Waals surface area contributed by atoms with E-state index in [1.54, 1.807) is 12.5 Å². The van der Waals surface area contributed by atoms with E-state index in [-0.39, 0.29) is 47.8 Å². The zero-order valence-electron chi connectivity index (χ0n) is 34.6. The zero-order chi connectivity index (χ0) is 42.0. The van der Waals surface area contributed by atoms with Crippen LogP contribution in [0.2, 0.25) is 0 Å². The molecule has 60 heavy (non-hydrogen) atoms. The van der Waals surface area contributed by atoms with E-state index in [4.69, 9.17) is 14.5 Å². The molecule has 2 aliphatic heterocycles. The lowest BCUT2D eigenvalue weighted by molar-refractivity contribution is -0.137. The Morgan fingerprint density at radius 1 is 0.733 bits per heavy atom. The first-order chi connectivity index (χ1) is 28.9. The fourth-order valence-electron chi connectivity index (χ4n) is 9.52. The fraction of sp³-hybridized carbons (Fsp3) is 0.435. The van der Waals surface area contributed by atoms with Crippen LogP contribution in [0.5, 0.6) is 0 Å². The molecule has 4 fully saturated rings. The number of rotatable bonds is 9. The Morgan fingerprint density at radius 2 is 1.32 bits per heavy atom. The van der Waals surface area contributed by atoms with E-state index in [2.05, 4.69) is 55.6 Å². The number of methoxy groups -OCH3 is 2. The molecule has 310 valence electrons. The van der Waals surface area contributed by atoms with Crippen molar-refractivity contribution in [3.8, 4) is 23.1 Å². The minimum atomic E-state index is -0.704. The average Bonchev–Trinajstić information content (AvgIpc) is 3.84. The van der Waals surface area contributed by atoms with Gasteiger partial charge in [-0.25, -0.2) is 19.6 Å². The maximum Gasteiger partial charge on any atom is 0.407 e. The van der Waals surface area contributed by atoms with Crippen LogP contribution in [-0.4, -0.2) is 92.1 Å². The van der Waals surface area contributed by atoms with Gasteiger partial charge in [-0.2, -0.15) is 0 Å². The van der Waals surface area contributed by atoms with Crippen LogP contribution >= 0.6 is 0 Å². The van der Waals surface area contributed by atoms with E-state index in [0.29, 0.717) is 11.8 Å². The summed E-state index contributed by atoms with van der Waals surface area (Å²) in [4.78, 5) is 72.4. The summed E-state index contributed by atoms with van der Waals surface area (Å²) in [5.41, 5.74) is 6.27. The molecule has 4 heterocycles. The molecule has 2 aromatic heterocycles. The van der Waals surface area contributed by atoms with E-state index < -0.39 is 24.3 Å². The second-order valence-corrected chi connectivity index (χ2v) is 17.4. The lowest BCUT2D eigenvalue weighted by atomic mass is 9.92. The lowest BCUT2D eigenvalue weighted by Crippen LogP contribution is -2.52. The van der Waals surface area contributed by atoms with E-state index in [9.17, 15) is 19.2 Å². The number of imidazole rings is 2. The molecule has 14 heteroatoms. The standard InChI is InChI=1S/C46H50N8O6/c1-23(2)39(51-45(57)59-5)43(55)53-35-16-28(35)18-37(53)32-20-33-41(49-22-48-33)30-14-11-26(15-31(30)32)8-7-25-9-12-27(13-10-25)34-21-47-42(50-34)38-19-29-17-36(29)54(38)44(56)40(24(3)4)52-46(58)60-6/h9-15,20-24,28-29,35-40H,16-19H2,1-6H3,(H,47,50)(H,48,49)(H,51,57)(H,52,58)/t28-,29-,35-,36-,37+,38+,39+,40+/m1/s1. The second-order valence-electron chi connectivity index (χ2n) is 17.4. The smallest absolute Gasteiger partial charge is 0.407 e. The van der Waals surface area contributed by atoms with Gasteiger partial charge in [0.1, 0.15) is 17.9 Å². The van der Waals surface area contributed by atoms with Crippen molar-refractivity contribution in [2.45, 2.75) is 89.6 Å². The molecule has 0 bridgehead atoms. The number of fused-ring (bicyclic) bond motifs is 5. The van der Waals surface area contributed by atoms with Crippen LogP contribution in [-0.2, 0) is 19.1 Å². The van der Waals surface area contributed by atoms with Crippen molar-refractivity contribution in [2.75, 3.05) is 14.2 Å². The lowest BCUT2D eigenvalue weighted by Gasteiger charge is -2.33. The number of carbonyl (C=O) groups excluding carboxylic acids is 4. The number of carbonyl (C=O) groups is 4. The maximum absolute atomic E-state index is 14.2. The monoisotopic (exact) mass is 810 g/mol. The number of nitrogens with one attached hydrogen (secondary N) is 4. The highest BCUT2D eigenvalue weighted by Crippen LogP contribution is 2.55. The number of aromatic amines is 2. The first kappa shape index (κ1) is 39.1. The largest absolute Gasteiger partial charge is 0.453 e. The SMILES string of the molecule is COC(=O)N[C@H](C(=O)N1[C@@H]2C[C@@H]2C[C@H]1c1ncc(-c2ccc(C#Cc3ccc4c(c3)c([C@@H]3C[C@H]5C[C@H]5N3C(=O)[C@@H](NC(=O)OC)C(C)C)cc3[nH]cnc34)cc2)[nH]1)C(C)C. The van der Waals surface area contributed by atoms with Crippen molar-refractivity contribution >= 4 is 45.8 Å². The molecule has 14 nitrogen and oxygen atoms in total. The van der Waals surface area contributed by atoms with Gasteiger partial charge in [0.15, 0.2) is 0 Å². The first-order valence-corrected chi connectivity index (χ1v) is 20.8. The van der Waals surface area contributed by atoms with E-state index in [0.717, 1.165) is 81.3 Å². The molecule has 2 aliphatic carbocycles. The van der Waals surface area contributed by atoms with Gasteiger partial charge in [-0.3, -0.25) is 9.59 Å². The van der Waals surface area contributed by atoms with Crippen LogP contribution in [0.3, 0.4) is 0 Å². The predicted molar refractivity (Wildman–Crippen MR) is 224 cm³/mol. The minimum Gasteiger partial charge on any atom is -0.453 e. The molecule has 0 spiro atoms. The minimum absolute atomic E-state index is 0.0918. The number of hydrogen-bond donors (Lipinski definition) is 4. The third kappa shape index (κ3) is 7.09. The molecule has 5 aromatic rings. The molecule has 0 unspecified atom stereocenters. The molecular formula is C46H50N8O6. The Labute approximate surface area is 348 Å². The number of aromatic nitrogens is 4. The Hall–Kier alpha value is -6.36. The summed E-state index contributed by atoms with van der Waals surface area (Å²) in [5, 5.41) is 7.50. The summed E-state index contributed by atoms with van der Waals surface area (Å²) in [6.45, 7) is 7.69. The summed E-state index contributed by atoms with van der Waals surface area (Å²) in [7, 11) is 2.60. The van der Waals surface area contributed by atoms with Crippen LogP contribution in [0, 0.1) is 35.5 Å². The number of hydrogen-bond acceptors (Lipinski definition) is 8. The third-order valence-corrected chi connectivity index (χ3v) is 12.9.